The number of nitrogens with zero attached hydrogens (tertiary/aromatic N) is 3. The largest absolute Gasteiger partial charge is 0.404 e. The molecule has 2 aromatic rings. The molecule has 0 saturated heterocycles. The summed E-state index contributed by atoms with van der Waals surface area (Å²) in [6.07, 6.45) is 5.01. The van der Waals surface area contributed by atoms with Crippen molar-refractivity contribution in [1.82, 2.24) is 9.97 Å². The number of allylic oxidation sites excluding steroid dienone is 1. The number of fused-ring (bicyclic) bond motifs is 1. The van der Waals surface area contributed by atoms with E-state index in [4.69, 9.17) is 17.3 Å². The van der Waals surface area contributed by atoms with Crippen molar-refractivity contribution in [2.24, 2.45) is 10.7 Å². The summed E-state index contributed by atoms with van der Waals surface area (Å²) in [4.78, 5) is 12.9. The van der Waals surface area contributed by atoms with Crippen LogP contribution in [0.4, 0.5) is 0 Å². The average Bonchev–Trinajstić information content (AvgIpc) is 2.38. The molecule has 2 rings (SSSR count). The molecule has 0 spiro atoms. The molecule has 0 aliphatic rings. The van der Waals surface area contributed by atoms with E-state index in [1.807, 2.05) is 26.0 Å². The molecule has 5 heteroatoms. The van der Waals surface area contributed by atoms with Crippen LogP contribution in [0.3, 0.4) is 0 Å². The third-order valence-corrected chi connectivity index (χ3v) is 2.74. The SMILES string of the molecule is CC(C)N=CC(=CN)c1cnc2ccc(Cl)nc2c1. The van der Waals surface area contributed by atoms with E-state index < -0.39 is 0 Å². The molecule has 0 atom stereocenters. The van der Waals surface area contributed by atoms with Gasteiger partial charge in [0.25, 0.3) is 0 Å². The van der Waals surface area contributed by atoms with Crippen LogP contribution in [0, 0.1) is 0 Å². The van der Waals surface area contributed by atoms with Crippen LogP contribution >= 0.6 is 11.6 Å². The lowest BCUT2D eigenvalue weighted by atomic mass is 10.1. The first-order valence-electron chi connectivity index (χ1n) is 5.98. The number of nitrogens with two attached hydrogens (primary N) is 1. The van der Waals surface area contributed by atoms with Crippen molar-refractivity contribution >= 4 is 34.4 Å². The van der Waals surface area contributed by atoms with Gasteiger partial charge >= 0.3 is 0 Å². The Kier molecular flexibility index (Phi) is 4.12. The Bertz CT molecular complexity index is 647. The molecule has 0 saturated carbocycles. The highest BCUT2D eigenvalue weighted by molar-refractivity contribution is 6.29. The van der Waals surface area contributed by atoms with Gasteiger partial charge in [0.2, 0.25) is 0 Å². The number of hydrogen-bond acceptors (Lipinski definition) is 4. The van der Waals surface area contributed by atoms with E-state index in [0.29, 0.717) is 5.15 Å². The lowest BCUT2D eigenvalue weighted by Gasteiger charge is -2.04. The lowest BCUT2D eigenvalue weighted by Crippen LogP contribution is -1.96. The molecule has 0 radical (unpaired) electrons. The van der Waals surface area contributed by atoms with Crippen LogP contribution < -0.4 is 5.73 Å². The number of rotatable bonds is 3. The van der Waals surface area contributed by atoms with Crippen LogP contribution in [-0.2, 0) is 0 Å². The first-order chi connectivity index (χ1) is 9.10. The third-order valence-electron chi connectivity index (χ3n) is 2.53. The van der Waals surface area contributed by atoms with Gasteiger partial charge in [-0.05, 0) is 32.0 Å². The highest BCUT2D eigenvalue weighted by Gasteiger charge is 2.03. The Morgan fingerprint density at radius 1 is 1.37 bits per heavy atom. The lowest BCUT2D eigenvalue weighted by molar-refractivity contribution is 0.842. The number of aliphatic imine (C=N–C) groups is 1. The second kappa shape index (κ2) is 5.80. The molecule has 0 aliphatic carbocycles. The first-order valence-corrected chi connectivity index (χ1v) is 6.35. The van der Waals surface area contributed by atoms with Gasteiger partial charge in [-0.15, -0.1) is 0 Å². The average molecular weight is 275 g/mol. The van der Waals surface area contributed by atoms with E-state index in [1.54, 1.807) is 18.5 Å². The van der Waals surface area contributed by atoms with Crippen molar-refractivity contribution in [2.75, 3.05) is 0 Å². The predicted molar refractivity (Wildman–Crippen MR) is 80.3 cm³/mol. The van der Waals surface area contributed by atoms with Crippen molar-refractivity contribution in [3.05, 3.63) is 41.3 Å². The monoisotopic (exact) mass is 274 g/mol. The fourth-order valence-corrected chi connectivity index (χ4v) is 1.74. The number of halogens is 1. The third kappa shape index (κ3) is 3.29. The topological polar surface area (TPSA) is 64.2 Å². The van der Waals surface area contributed by atoms with E-state index in [2.05, 4.69) is 15.0 Å². The molecule has 2 heterocycles. The predicted octanol–water partition coefficient (Wildman–Crippen LogP) is 3.06. The van der Waals surface area contributed by atoms with Crippen molar-refractivity contribution in [2.45, 2.75) is 19.9 Å². The van der Waals surface area contributed by atoms with Crippen LogP contribution in [0.2, 0.25) is 5.15 Å². The number of hydrogen-bond donors (Lipinski definition) is 1. The summed E-state index contributed by atoms with van der Waals surface area (Å²) < 4.78 is 0. The van der Waals surface area contributed by atoms with Gasteiger partial charge in [0.1, 0.15) is 5.15 Å². The molecule has 0 aliphatic heterocycles. The van der Waals surface area contributed by atoms with Gasteiger partial charge in [0.05, 0.1) is 11.0 Å². The van der Waals surface area contributed by atoms with E-state index >= 15 is 0 Å². The van der Waals surface area contributed by atoms with Crippen LogP contribution in [0.25, 0.3) is 16.6 Å². The second-order valence-electron chi connectivity index (χ2n) is 4.39. The molecule has 0 fully saturated rings. The molecule has 2 aromatic heterocycles. The standard InChI is InChI=1S/C14H15ClN4/c1-9(2)17-8-11(6-16)10-5-13-12(18-7-10)3-4-14(15)19-13/h3-9H,16H2,1-2H3. The summed E-state index contributed by atoms with van der Waals surface area (Å²) in [5.41, 5.74) is 8.85. The van der Waals surface area contributed by atoms with Gasteiger partial charge in [-0.2, -0.15) is 0 Å². The first kappa shape index (κ1) is 13.5. The molecule has 4 nitrogen and oxygen atoms in total. The molecule has 0 amide bonds. The zero-order valence-corrected chi connectivity index (χ0v) is 11.6. The fraction of sp³-hybridized carbons (Fsp3) is 0.214. The van der Waals surface area contributed by atoms with E-state index in [9.17, 15) is 0 Å². The minimum Gasteiger partial charge on any atom is -0.404 e. The van der Waals surface area contributed by atoms with Gasteiger partial charge in [-0.25, -0.2) is 4.98 Å². The van der Waals surface area contributed by atoms with Crippen molar-refractivity contribution < 1.29 is 0 Å². The second-order valence-corrected chi connectivity index (χ2v) is 4.78. The van der Waals surface area contributed by atoms with Gasteiger partial charge in [-0.1, -0.05) is 11.6 Å². The Morgan fingerprint density at radius 3 is 2.84 bits per heavy atom. The van der Waals surface area contributed by atoms with Crippen LogP contribution in [0.5, 0.6) is 0 Å². The number of aromatic nitrogens is 2. The van der Waals surface area contributed by atoms with E-state index in [-0.39, 0.29) is 6.04 Å². The summed E-state index contributed by atoms with van der Waals surface area (Å²) in [6.45, 7) is 4.01. The molecule has 0 unspecified atom stereocenters. The Balaban J connectivity index is 2.44. The molecule has 2 N–H and O–H groups in total. The number of pyridine rings is 2. The minimum absolute atomic E-state index is 0.218. The Morgan fingerprint density at radius 2 is 2.16 bits per heavy atom. The van der Waals surface area contributed by atoms with Crippen LogP contribution in [0.15, 0.2) is 35.6 Å². The van der Waals surface area contributed by atoms with Crippen molar-refractivity contribution in [3.8, 4) is 0 Å². The summed E-state index contributed by atoms with van der Waals surface area (Å²) in [6, 6.07) is 5.68. The van der Waals surface area contributed by atoms with Gasteiger partial charge in [0, 0.05) is 35.8 Å². The van der Waals surface area contributed by atoms with Crippen molar-refractivity contribution in [3.63, 3.8) is 0 Å². The normalized spacial score (nSPS) is 12.7. The quantitative estimate of drug-likeness (QED) is 0.691. The van der Waals surface area contributed by atoms with Gasteiger partial charge in [-0.3, -0.25) is 9.98 Å². The summed E-state index contributed by atoms with van der Waals surface area (Å²) in [5.74, 6) is 0. The van der Waals surface area contributed by atoms with Crippen LogP contribution in [0.1, 0.15) is 19.4 Å². The maximum atomic E-state index is 5.88. The van der Waals surface area contributed by atoms with Crippen molar-refractivity contribution in [1.29, 1.82) is 0 Å². The maximum Gasteiger partial charge on any atom is 0.129 e. The summed E-state index contributed by atoms with van der Waals surface area (Å²) in [7, 11) is 0. The van der Waals surface area contributed by atoms with Crippen LogP contribution in [-0.4, -0.2) is 22.2 Å². The zero-order chi connectivity index (χ0) is 13.8. The smallest absolute Gasteiger partial charge is 0.129 e. The fourth-order valence-electron chi connectivity index (χ4n) is 1.58. The summed E-state index contributed by atoms with van der Waals surface area (Å²) >= 11 is 5.88. The van der Waals surface area contributed by atoms with Gasteiger partial charge in [0.15, 0.2) is 0 Å². The molecular weight excluding hydrogens is 260 g/mol. The molecular formula is C14H15ClN4. The molecule has 98 valence electrons. The minimum atomic E-state index is 0.218. The Labute approximate surface area is 117 Å². The van der Waals surface area contributed by atoms with E-state index in [1.165, 1.54) is 6.20 Å². The van der Waals surface area contributed by atoms with E-state index in [0.717, 1.165) is 22.2 Å². The molecule has 0 bridgehead atoms. The maximum absolute atomic E-state index is 5.88. The Hall–Kier alpha value is -1.94. The summed E-state index contributed by atoms with van der Waals surface area (Å²) in [5, 5.41) is 0.445. The highest BCUT2D eigenvalue weighted by Crippen LogP contribution is 2.18. The highest BCUT2D eigenvalue weighted by atomic mass is 35.5. The zero-order valence-electron chi connectivity index (χ0n) is 10.8. The molecule has 19 heavy (non-hydrogen) atoms. The van der Waals surface area contributed by atoms with Gasteiger partial charge < -0.3 is 5.73 Å². The molecule has 0 aromatic carbocycles.